The Kier molecular flexibility index (Phi) is 17.9. The lowest BCUT2D eigenvalue weighted by Gasteiger charge is -2.40. The summed E-state index contributed by atoms with van der Waals surface area (Å²) in [5.74, 6) is -0.0315. The number of hydrogen-bond acceptors (Lipinski definition) is 9. The SMILES string of the molecule is CC(Cc1cccc(CCNC(=O)Cc2ccc(N(C)C(=O)CCN3CCC(OC(=O)Nc4ccccc4-c4ccccc4)CC3)cc2)c1)NCC(O[Si](C)(C)C(C)(C)C)c1ccc(O)c2[nH]c(=O)ccc12. The first kappa shape index (κ1) is 53.2. The maximum Gasteiger partial charge on any atom is 0.411 e. The third kappa shape index (κ3) is 14.5. The van der Waals surface area contributed by atoms with E-state index in [9.17, 15) is 24.3 Å². The van der Waals surface area contributed by atoms with Crippen LogP contribution in [0.5, 0.6) is 5.75 Å². The van der Waals surface area contributed by atoms with Crippen molar-refractivity contribution in [3.8, 4) is 16.9 Å². The fourth-order valence-corrected chi connectivity index (χ4v) is 10.2. The molecule has 1 aliphatic heterocycles. The lowest BCUT2D eigenvalue weighted by molar-refractivity contribution is -0.120. The van der Waals surface area contributed by atoms with Gasteiger partial charge in [-0.25, -0.2) is 4.79 Å². The van der Waals surface area contributed by atoms with Crippen LogP contribution in [0.25, 0.3) is 22.0 Å². The van der Waals surface area contributed by atoms with Crippen LogP contribution in [-0.4, -0.2) is 93.1 Å². The molecule has 1 aromatic heterocycles. The van der Waals surface area contributed by atoms with Crippen LogP contribution in [0.1, 0.15) is 75.3 Å². The molecule has 0 saturated carbocycles. The topological polar surface area (TPSA) is 165 Å². The number of aromatic hydroxyl groups is 1. The minimum atomic E-state index is -2.22. The van der Waals surface area contributed by atoms with Crippen LogP contribution in [0.2, 0.25) is 18.1 Å². The molecule has 2 unspecified atom stereocenters. The third-order valence-electron chi connectivity index (χ3n) is 14.2. The highest BCUT2D eigenvalue weighted by Gasteiger charge is 2.40. The number of carbonyl (C=O) groups excluding carboxylic acids is 3. The van der Waals surface area contributed by atoms with Crippen molar-refractivity contribution in [3.05, 3.63) is 160 Å². The fourth-order valence-electron chi connectivity index (χ4n) is 8.93. The summed E-state index contributed by atoms with van der Waals surface area (Å²) in [4.78, 5) is 58.0. The molecule has 0 bridgehead atoms. The van der Waals surface area contributed by atoms with Gasteiger partial charge in [0.15, 0.2) is 8.32 Å². The van der Waals surface area contributed by atoms with Crippen molar-refractivity contribution in [1.29, 1.82) is 0 Å². The van der Waals surface area contributed by atoms with E-state index in [4.69, 9.17) is 9.16 Å². The second kappa shape index (κ2) is 24.2. The summed E-state index contributed by atoms with van der Waals surface area (Å²) in [6.07, 6.45) is 2.52. The van der Waals surface area contributed by atoms with Crippen molar-refractivity contribution in [1.82, 2.24) is 20.5 Å². The molecule has 3 amide bonds. The number of carbonyl (C=O) groups is 3. The van der Waals surface area contributed by atoms with E-state index >= 15 is 0 Å². The summed E-state index contributed by atoms with van der Waals surface area (Å²) in [7, 11) is -0.446. The Labute approximate surface area is 425 Å². The van der Waals surface area contributed by atoms with Crippen LogP contribution in [0.15, 0.2) is 132 Å². The van der Waals surface area contributed by atoms with Gasteiger partial charge in [0.2, 0.25) is 17.4 Å². The van der Waals surface area contributed by atoms with Gasteiger partial charge in [-0.3, -0.25) is 19.7 Å². The molecule has 380 valence electrons. The zero-order valence-corrected chi connectivity index (χ0v) is 43.9. The second-order valence-corrected chi connectivity index (χ2v) is 25.4. The lowest BCUT2D eigenvalue weighted by Crippen LogP contribution is -2.44. The molecule has 6 aromatic rings. The molecule has 5 aromatic carbocycles. The molecule has 1 fully saturated rings. The highest BCUT2D eigenvalue weighted by Crippen LogP contribution is 2.41. The number of amides is 3. The summed E-state index contributed by atoms with van der Waals surface area (Å²) < 4.78 is 12.8. The Balaban J connectivity index is 0.811. The smallest absolute Gasteiger partial charge is 0.411 e. The molecule has 5 N–H and O–H groups in total. The fraction of sp³-hybridized carbons (Fsp3) is 0.379. The van der Waals surface area contributed by atoms with Crippen LogP contribution in [0.4, 0.5) is 16.2 Å². The van der Waals surface area contributed by atoms with Gasteiger partial charge in [0.1, 0.15) is 11.9 Å². The molecule has 14 heteroatoms. The van der Waals surface area contributed by atoms with E-state index in [1.807, 2.05) is 84.9 Å². The van der Waals surface area contributed by atoms with Gasteiger partial charge in [-0.2, -0.15) is 0 Å². The van der Waals surface area contributed by atoms with E-state index in [1.54, 1.807) is 24.1 Å². The first-order valence-corrected chi connectivity index (χ1v) is 28.1. The normalized spacial score (nSPS) is 14.4. The van der Waals surface area contributed by atoms with Crippen LogP contribution in [0, 0.1) is 0 Å². The average Bonchev–Trinajstić information content (AvgIpc) is 3.35. The number of nitrogens with zero attached hydrogens (tertiary/aromatic N) is 2. The van der Waals surface area contributed by atoms with Gasteiger partial charge < -0.3 is 39.7 Å². The molecule has 0 spiro atoms. The number of anilines is 2. The zero-order chi connectivity index (χ0) is 51.4. The maximum atomic E-state index is 13.2. The van der Waals surface area contributed by atoms with Crippen LogP contribution < -0.4 is 26.4 Å². The number of fused-ring (bicyclic) bond motifs is 1. The monoisotopic (exact) mass is 993 g/mol. The molecular formula is C58H72N6O7Si. The van der Waals surface area contributed by atoms with Gasteiger partial charge in [0.25, 0.3) is 0 Å². The maximum absolute atomic E-state index is 13.2. The molecular weight excluding hydrogens is 921 g/mol. The largest absolute Gasteiger partial charge is 0.506 e. The molecule has 2 heterocycles. The summed E-state index contributed by atoms with van der Waals surface area (Å²) in [6.45, 7) is 16.4. The minimum Gasteiger partial charge on any atom is -0.506 e. The Morgan fingerprint density at radius 1 is 0.861 bits per heavy atom. The Bertz CT molecular complexity index is 2840. The van der Waals surface area contributed by atoms with Gasteiger partial charge in [0, 0.05) is 74.9 Å². The Morgan fingerprint density at radius 3 is 2.31 bits per heavy atom. The predicted molar refractivity (Wildman–Crippen MR) is 291 cm³/mol. The number of aromatic nitrogens is 1. The molecule has 72 heavy (non-hydrogen) atoms. The van der Waals surface area contributed by atoms with Crippen molar-refractivity contribution in [2.24, 2.45) is 0 Å². The van der Waals surface area contributed by atoms with Crippen LogP contribution in [-0.2, 0) is 38.0 Å². The van der Waals surface area contributed by atoms with Crippen LogP contribution in [0.3, 0.4) is 0 Å². The van der Waals surface area contributed by atoms with Gasteiger partial charge >= 0.3 is 6.09 Å². The number of phenols is 1. The summed E-state index contributed by atoms with van der Waals surface area (Å²) in [5.41, 5.74) is 7.67. The minimum absolute atomic E-state index is 0.00489. The van der Waals surface area contributed by atoms with E-state index < -0.39 is 14.4 Å². The zero-order valence-electron chi connectivity index (χ0n) is 42.9. The molecule has 7 rings (SSSR count). The average molecular weight is 993 g/mol. The number of likely N-dealkylation sites (tertiary alicyclic amines) is 1. The molecule has 0 radical (unpaired) electrons. The van der Waals surface area contributed by atoms with E-state index in [0.717, 1.165) is 58.4 Å². The summed E-state index contributed by atoms with van der Waals surface area (Å²) in [5, 5.41) is 21.0. The molecule has 1 aliphatic rings. The highest BCUT2D eigenvalue weighted by atomic mass is 28.4. The Hall–Kier alpha value is -6.58. The van der Waals surface area contributed by atoms with Crippen molar-refractivity contribution in [2.45, 2.75) is 103 Å². The number of para-hydroxylation sites is 1. The van der Waals surface area contributed by atoms with Crippen molar-refractivity contribution in [3.63, 3.8) is 0 Å². The molecule has 2 atom stereocenters. The van der Waals surface area contributed by atoms with Gasteiger partial charge in [0.05, 0.1) is 23.7 Å². The number of nitrogens with one attached hydrogen (secondary N) is 4. The molecule has 1 saturated heterocycles. The number of piperidine rings is 1. The number of rotatable bonds is 20. The number of H-pyrrole nitrogens is 1. The van der Waals surface area contributed by atoms with E-state index in [0.29, 0.717) is 56.5 Å². The van der Waals surface area contributed by atoms with Gasteiger partial charge in [-0.1, -0.05) is 112 Å². The van der Waals surface area contributed by atoms with Gasteiger partial charge in [-0.05, 0) is 109 Å². The number of hydrogen-bond donors (Lipinski definition) is 5. The summed E-state index contributed by atoms with van der Waals surface area (Å²) >= 11 is 0. The Morgan fingerprint density at radius 2 is 1.57 bits per heavy atom. The van der Waals surface area contributed by atoms with Crippen LogP contribution >= 0.6 is 0 Å². The predicted octanol–water partition coefficient (Wildman–Crippen LogP) is 10.2. The first-order valence-electron chi connectivity index (χ1n) is 25.2. The highest BCUT2D eigenvalue weighted by molar-refractivity contribution is 6.74. The standard InChI is InChI=1S/C58H72N6O7Si/c1-40(60-39-52(71-72(6,7)58(2,3)4)48-24-26-51(65)56-49(48)25-27-53(66)62-56)36-43-15-13-14-41(37-43)28-32-59-54(67)38-42-20-22-45(23-21-42)63(5)55(68)31-35-64-33-29-46(30-34-64)70-57(69)61-50-19-12-11-18-47(50)44-16-9-8-10-17-44/h8-27,37,40,46,52,60,65H,28-36,38-39H2,1-7H3,(H,59,67)(H,61,69)(H,62,66). The number of aromatic amines is 1. The van der Waals surface area contributed by atoms with Gasteiger partial charge in [-0.15, -0.1) is 0 Å². The summed E-state index contributed by atoms with van der Waals surface area (Å²) in [6, 6.07) is 40.5. The first-order chi connectivity index (χ1) is 34.4. The number of benzene rings is 5. The van der Waals surface area contributed by atoms with E-state index in [2.05, 4.69) is 90.9 Å². The van der Waals surface area contributed by atoms with E-state index in [-0.39, 0.29) is 52.8 Å². The molecule has 13 nitrogen and oxygen atoms in total. The van der Waals surface area contributed by atoms with E-state index in [1.165, 1.54) is 11.6 Å². The number of ether oxygens (including phenoxy) is 1. The lowest BCUT2D eigenvalue weighted by atomic mass is 10.0. The van der Waals surface area contributed by atoms with Crippen molar-refractivity contribution >= 4 is 48.5 Å². The number of pyridine rings is 1. The van der Waals surface area contributed by atoms with Crippen molar-refractivity contribution in [2.75, 3.05) is 50.0 Å². The third-order valence-corrected chi connectivity index (χ3v) is 18.7. The quantitative estimate of drug-likeness (QED) is 0.0468. The second-order valence-electron chi connectivity index (χ2n) is 20.6. The number of phenolic OH excluding ortho intramolecular Hbond substituents is 1. The van der Waals surface area contributed by atoms with Crippen molar-refractivity contribution < 1.29 is 28.7 Å². The molecule has 0 aliphatic carbocycles.